The van der Waals surface area contributed by atoms with Gasteiger partial charge >= 0.3 is 0 Å². The molecule has 1 heterocycles. The quantitative estimate of drug-likeness (QED) is 0.860. The van der Waals surface area contributed by atoms with Crippen LogP contribution < -0.4 is 4.74 Å². The Morgan fingerprint density at radius 2 is 2.00 bits per heavy atom. The fourth-order valence-corrected chi connectivity index (χ4v) is 2.52. The fourth-order valence-electron chi connectivity index (χ4n) is 2.52. The van der Waals surface area contributed by atoms with Crippen molar-refractivity contribution < 1.29 is 9.84 Å². The highest BCUT2D eigenvalue weighted by atomic mass is 16.5. The molecule has 0 aromatic heterocycles. The summed E-state index contributed by atoms with van der Waals surface area (Å²) in [6.45, 7) is 8.02. The van der Waals surface area contributed by atoms with Gasteiger partial charge in [0.25, 0.3) is 0 Å². The first kappa shape index (κ1) is 15.3. The average Bonchev–Trinajstić information content (AvgIpc) is 2.47. The highest BCUT2D eigenvalue weighted by Gasteiger charge is 2.15. The zero-order chi connectivity index (χ0) is 14.4. The summed E-state index contributed by atoms with van der Waals surface area (Å²) in [6.07, 6.45) is 0.370. The third-order valence-corrected chi connectivity index (χ3v) is 3.87. The molecular formula is C16H26N2O2. The van der Waals surface area contributed by atoms with Crippen molar-refractivity contribution in [3.63, 3.8) is 0 Å². The Bertz CT molecular complexity index is 403. The second-order valence-electron chi connectivity index (χ2n) is 5.45. The minimum atomic E-state index is -0.407. The molecule has 1 aliphatic rings. The molecule has 112 valence electrons. The van der Waals surface area contributed by atoms with Gasteiger partial charge in [0.1, 0.15) is 5.75 Å². The molecule has 1 aromatic rings. The number of hydrogen-bond donors (Lipinski definition) is 1. The Balaban J connectivity index is 1.82. The van der Waals surface area contributed by atoms with Crippen LogP contribution in [-0.2, 0) is 0 Å². The molecule has 0 amide bonds. The van der Waals surface area contributed by atoms with Crippen LogP contribution in [0.1, 0.15) is 25.0 Å². The summed E-state index contributed by atoms with van der Waals surface area (Å²) in [4.78, 5) is 4.77. The van der Waals surface area contributed by atoms with Crippen molar-refractivity contribution in [2.75, 3.05) is 46.4 Å². The van der Waals surface area contributed by atoms with Crippen molar-refractivity contribution in [1.82, 2.24) is 9.80 Å². The SMILES string of the molecule is CCOc1cccc(C(O)CCN2CCN(C)CC2)c1. The van der Waals surface area contributed by atoms with Crippen LogP contribution in [0.3, 0.4) is 0 Å². The molecule has 1 saturated heterocycles. The fraction of sp³-hybridized carbons (Fsp3) is 0.625. The van der Waals surface area contributed by atoms with Gasteiger partial charge in [0.05, 0.1) is 12.7 Å². The predicted octanol–water partition coefficient (Wildman–Crippen LogP) is 1.76. The van der Waals surface area contributed by atoms with Crippen LogP contribution in [0.4, 0.5) is 0 Å². The van der Waals surface area contributed by atoms with Gasteiger partial charge in [-0.15, -0.1) is 0 Å². The molecule has 0 bridgehead atoms. The molecule has 0 saturated carbocycles. The van der Waals surface area contributed by atoms with Gasteiger partial charge in [-0.3, -0.25) is 0 Å². The van der Waals surface area contributed by atoms with Gasteiger partial charge in [0, 0.05) is 32.7 Å². The summed E-state index contributed by atoms with van der Waals surface area (Å²) < 4.78 is 5.48. The molecule has 0 aliphatic carbocycles. The van der Waals surface area contributed by atoms with E-state index in [2.05, 4.69) is 16.8 Å². The Hall–Kier alpha value is -1.10. The largest absolute Gasteiger partial charge is 0.494 e. The van der Waals surface area contributed by atoms with E-state index in [0.29, 0.717) is 6.61 Å². The second-order valence-corrected chi connectivity index (χ2v) is 5.45. The standard InChI is InChI=1S/C16H26N2O2/c1-3-20-15-6-4-5-14(13-15)16(19)7-8-18-11-9-17(2)10-12-18/h4-6,13,16,19H,3,7-12H2,1-2H3. The van der Waals surface area contributed by atoms with Crippen molar-refractivity contribution in [2.24, 2.45) is 0 Å². The van der Waals surface area contributed by atoms with Gasteiger partial charge in [-0.2, -0.15) is 0 Å². The Morgan fingerprint density at radius 1 is 1.25 bits per heavy atom. The molecule has 1 unspecified atom stereocenters. The first-order valence-electron chi connectivity index (χ1n) is 7.50. The lowest BCUT2D eigenvalue weighted by molar-refractivity contribution is 0.112. The van der Waals surface area contributed by atoms with E-state index in [1.54, 1.807) is 0 Å². The van der Waals surface area contributed by atoms with E-state index < -0.39 is 6.10 Å². The third-order valence-electron chi connectivity index (χ3n) is 3.87. The number of hydrogen-bond acceptors (Lipinski definition) is 4. The minimum Gasteiger partial charge on any atom is -0.494 e. The lowest BCUT2D eigenvalue weighted by atomic mass is 10.1. The van der Waals surface area contributed by atoms with Crippen LogP contribution in [0.5, 0.6) is 5.75 Å². The molecule has 1 aliphatic heterocycles. The molecule has 1 N–H and O–H groups in total. The molecule has 1 aromatic carbocycles. The maximum atomic E-state index is 10.3. The lowest BCUT2D eigenvalue weighted by Crippen LogP contribution is -2.44. The molecule has 4 heteroatoms. The van der Waals surface area contributed by atoms with Crippen LogP contribution in [0.25, 0.3) is 0 Å². The monoisotopic (exact) mass is 278 g/mol. The summed E-state index contributed by atoms with van der Waals surface area (Å²) in [6, 6.07) is 7.79. The second kappa shape index (κ2) is 7.62. The third kappa shape index (κ3) is 4.47. The number of rotatable bonds is 6. The molecule has 20 heavy (non-hydrogen) atoms. The Labute approximate surface area is 122 Å². The summed E-state index contributed by atoms with van der Waals surface area (Å²) in [5.74, 6) is 0.837. The molecule has 1 fully saturated rings. The zero-order valence-electron chi connectivity index (χ0n) is 12.6. The maximum Gasteiger partial charge on any atom is 0.119 e. The average molecular weight is 278 g/mol. The van der Waals surface area contributed by atoms with Gasteiger partial charge in [-0.25, -0.2) is 0 Å². The first-order valence-corrected chi connectivity index (χ1v) is 7.50. The van der Waals surface area contributed by atoms with Crippen molar-refractivity contribution in [3.05, 3.63) is 29.8 Å². The van der Waals surface area contributed by atoms with E-state index in [0.717, 1.165) is 50.5 Å². The van der Waals surface area contributed by atoms with Crippen molar-refractivity contribution >= 4 is 0 Å². The number of aliphatic hydroxyl groups excluding tert-OH is 1. The summed E-state index contributed by atoms with van der Waals surface area (Å²) in [5, 5.41) is 10.3. The van der Waals surface area contributed by atoms with Crippen LogP contribution in [-0.4, -0.2) is 61.3 Å². The van der Waals surface area contributed by atoms with Crippen molar-refractivity contribution in [2.45, 2.75) is 19.4 Å². The zero-order valence-corrected chi connectivity index (χ0v) is 12.6. The first-order chi connectivity index (χ1) is 9.69. The highest BCUT2D eigenvalue weighted by Crippen LogP contribution is 2.22. The van der Waals surface area contributed by atoms with E-state index in [1.807, 2.05) is 31.2 Å². The molecule has 2 rings (SSSR count). The Kier molecular flexibility index (Phi) is 5.83. The number of benzene rings is 1. The molecular weight excluding hydrogens is 252 g/mol. The topological polar surface area (TPSA) is 35.9 Å². The molecule has 1 atom stereocenters. The summed E-state index contributed by atoms with van der Waals surface area (Å²) in [5.41, 5.74) is 0.949. The van der Waals surface area contributed by atoms with Gasteiger partial charge in [-0.1, -0.05) is 12.1 Å². The van der Waals surface area contributed by atoms with Gasteiger partial charge in [-0.05, 0) is 38.1 Å². The van der Waals surface area contributed by atoms with Gasteiger partial charge in [0.2, 0.25) is 0 Å². The number of ether oxygens (including phenoxy) is 1. The van der Waals surface area contributed by atoms with Crippen molar-refractivity contribution in [1.29, 1.82) is 0 Å². The van der Waals surface area contributed by atoms with E-state index in [9.17, 15) is 5.11 Å². The number of aliphatic hydroxyl groups is 1. The van der Waals surface area contributed by atoms with E-state index in [4.69, 9.17) is 4.74 Å². The lowest BCUT2D eigenvalue weighted by Gasteiger charge is -2.32. The molecule has 4 nitrogen and oxygen atoms in total. The number of piperazine rings is 1. The maximum absolute atomic E-state index is 10.3. The van der Waals surface area contributed by atoms with Gasteiger partial charge in [0.15, 0.2) is 0 Å². The van der Waals surface area contributed by atoms with Crippen LogP contribution in [0.2, 0.25) is 0 Å². The van der Waals surface area contributed by atoms with E-state index >= 15 is 0 Å². The van der Waals surface area contributed by atoms with E-state index in [-0.39, 0.29) is 0 Å². The number of nitrogens with zero attached hydrogens (tertiary/aromatic N) is 2. The molecule has 0 spiro atoms. The Morgan fingerprint density at radius 3 is 2.70 bits per heavy atom. The normalized spacial score (nSPS) is 18.9. The van der Waals surface area contributed by atoms with Gasteiger partial charge < -0.3 is 19.6 Å². The number of likely N-dealkylation sites (N-methyl/N-ethyl adjacent to an activating group) is 1. The summed E-state index contributed by atoms with van der Waals surface area (Å²) >= 11 is 0. The smallest absolute Gasteiger partial charge is 0.119 e. The summed E-state index contributed by atoms with van der Waals surface area (Å²) in [7, 11) is 2.16. The van der Waals surface area contributed by atoms with Crippen LogP contribution >= 0.6 is 0 Å². The van der Waals surface area contributed by atoms with Crippen LogP contribution in [0, 0.1) is 0 Å². The van der Waals surface area contributed by atoms with Crippen LogP contribution in [0.15, 0.2) is 24.3 Å². The molecule has 0 radical (unpaired) electrons. The minimum absolute atomic E-state index is 0.407. The van der Waals surface area contributed by atoms with E-state index in [1.165, 1.54) is 0 Å². The van der Waals surface area contributed by atoms with Crippen molar-refractivity contribution in [3.8, 4) is 5.75 Å². The predicted molar refractivity (Wildman–Crippen MR) is 81.1 cm³/mol. The highest BCUT2D eigenvalue weighted by molar-refractivity contribution is 5.29.